The Labute approximate surface area is 431 Å². The van der Waals surface area contributed by atoms with Crippen LogP contribution in [0.4, 0.5) is 17.1 Å². The molecule has 0 aliphatic heterocycles. The minimum absolute atomic E-state index is 0.148. The van der Waals surface area contributed by atoms with Crippen molar-refractivity contribution in [2.75, 3.05) is 4.90 Å². The van der Waals surface area contributed by atoms with Gasteiger partial charge in [0.05, 0.1) is 10.8 Å². The molecule has 1 heterocycles. The molecule has 1 aromatic heterocycles. The second-order valence-corrected chi connectivity index (χ2v) is 21.7. The molecule has 0 saturated heterocycles. The molecule has 344 valence electrons. The molecule has 1 nitrogen and oxygen atoms in total. The van der Waals surface area contributed by atoms with Crippen molar-refractivity contribution in [2.45, 2.75) is 30.1 Å². The number of benzene rings is 11. The Kier molecular flexibility index (Phi) is 9.08. The molecular formula is C71H49NS. The SMILES string of the molecule is CC1(C)c2ccccc2-c2ccc(N(c3ccc(-c4cccc5c4sc4ccccc45)cc3)c3ccc(C4(c5ccccc5)c5ccccc5C5(c6ccccc6)c6ccccc6-c6cccc4c65)cc3)cc21. The summed E-state index contributed by atoms with van der Waals surface area (Å²) in [6.45, 7) is 4.75. The zero-order chi connectivity index (χ0) is 48.5. The van der Waals surface area contributed by atoms with Crippen LogP contribution in [-0.2, 0) is 16.2 Å². The summed E-state index contributed by atoms with van der Waals surface area (Å²) in [4.78, 5) is 2.47. The van der Waals surface area contributed by atoms with E-state index in [2.05, 4.69) is 280 Å². The smallest absolute Gasteiger partial charge is 0.0720 e. The van der Waals surface area contributed by atoms with Crippen molar-refractivity contribution in [3.8, 4) is 33.4 Å². The topological polar surface area (TPSA) is 3.24 Å². The van der Waals surface area contributed by atoms with Crippen molar-refractivity contribution in [2.24, 2.45) is 0 Å². The summed E-state index contributed by atoms with van der Waals surface area (Å²) in [6, 6.07) is 98.5. The van der Waals surface area contributed by atoms with E-state index >= 15 is 0 Å². The Balaban J connectivity index is 0.937. The lowest BCUT2D eigenvalue weighted by Crippen LogP contribution is -2.44. The maximum absolute atomic E-state index is 2.47. The second-order valence-electron chi connectivity index (χ2n) is 20.7. The van der Waals surface area contributed by atoms with Crippen LogP contribution in [0, 0.1) is 0 Å². The molecule has 0 bridgehead atoms. The summed E-state index contributed by atoms with van der Waals surface area (Å²) in [7, 11) is 0. The van der Waals surface area contributed by atoms with Gasteiger partial charge in [0.15, 0.2) is 0 Å². The summed E-state index contributed by atoms with van der Waals surface area (Å²) in [5.74, 6) is 0. The van der Waals surface area contributed by atoms with Crippen LogP contribution in [0.2, 0.25) is 0 Å². The van der Waals surface area contributed by atoms with Gasteiger partial charge in [-0.3, -0.25) is 0 Å². The Bertz CT molecular complexity index is 4170. The minimum atomic E-state index is -0.633. The third-order valence-electron chi connectivity index (χ3n) is 16.8. The van der Waals surface area contributed by atoms with Gasteiger partial charge in [0.1, 0.15) is 0 Å². The predicted molar refractivity (Wildman–Crippen MR) is 306 cm³/mol. The molecule has 3 aliphatic rings. The molecule has 0 amide bonds. The van der Waals surface area contributed by atoms with Crippen LogP contribution in [0.5, 0.6) is 0 Å². The maximum atomic E-state index is 2.47. The van der Waals surface area contributed by atoms with E-state index in [0.717, 1.165) is 17.1 Å². The van der Waals surface area contributed by atoms with Crippen LogP contribution in [0.3, 0.4) is 0 Å². The highest BCUT2D eigenvalue weighted by molar-refractivity contribution is 7.26. The fourth-order valence-corrected chi connectivity index (χ4v) is 15.0. The van der Waals surface area contributed by atoms with Crippen molar-refractivity contribution in [1.29, 1.82) is 0 Å². The lowest BCUT2D eigenvalue weighted by Gasteiger charge is -2.49. The normalized spacial score (nSPS) is 17.4. The molecule has 12 aromatic rings. The van der Waals surface area contributed by atoms with E-state index in [0.29, 0.717) is 0 Å². The van der Waals surface area contributed by atoms with E-state index in [1.54, 1.807) is 0 Å². The van der Waals surface area contributed by atoms with Gasteiger partial charge in [-0.05, 0) is 131 Å². The molecule has 0 radical (unpaired) electrons. The fourth-order valence-electron chi connectivity index (χ4n) is 13.8. The molecule has 0 fully saturated rings. The van der Waals surface area contributed by atoms with Gasteiger partial charge in [-0.1, -0.05) is 232 Å². The van der Waals surface area contributed by atoms with Gasteiger partial charge in [0.25, 0.3) is 0 Å². The van der Waals surface area contributed by atoms with Gasteiger partial charge in [-0.15, -0.1) is 11.3 Å². The molecule has 73 heavy (non-hydrogen) atoms. The number of rotatable bonds is 7. The van der Waals surface area contributed by atoms with Gasteiger partial charge >= 0.3 is 0 Å². The van der Waals surface area contributed by atoms with E-state index in [1.165, 1.54) is 109 Å². The third-order valence-corrected chi connectivity index (χ3v) is 18.1. The first kappa shape index (κ1) is 42.2. The lowest BCUT2D eigenvalue weighted by atomic mass is 9.52. The van der Waals surface area contributed by atoms with Crippen molar-refractivity contribution in [3.63, 3.8) is 0 Å². The largest absolute Gasteiger partial charge is 0.310 e. The Morgan fingerprint density at radius 2 is 0.795 bits per heavy atom. The van der Waals surface area contributed by atoms with E-state index < -0.39 is 10.8 Å². The number of hydrogen-bond donors (Lipinski definition) is 0. The van der Waals surface area contributed by atoms with E-state index in [-0.39, 0.29) is 5.41 Å². The summed E-state index contributed by atoms with van der Waals surface area (Å²) < 4.78 is 2.65. The zero-order valence-corrected chi connectivity index (χ0v) is 41.5. The average molecular weight is 948 g/mol. The van der Waals surface area contributed by atoms with E-state index in [4.69, 9.17) is 0 Å². The predicted octanol–water partition coefficient (Wildman–Crippen LogP) is 18.6. The molecule has 2 unspecified atom stereocenters. The molecule has 11 aromatic carbocycles. The summed E-state index contributed by atoms with van der Waals surface area (Å²) >= 11 is 1.89. The third kappa shape index (κ3) is 5.73. The van der Waals surface area contributed by atoms with Crippen molar-refractivity contribution >= 4 is 48.6 Å². The van der Waals surface area contributed by atoms with Crippen LogP contribution >= 0.6 is 11.3 Å². The number of nitrogens with zero attached hydrogens (tertiary/aromatic N) is 1. The molecule has 3 aliphatic carbocycles. The molecule has 15 rings (SSSR count). The Morgan fingerprint density at radius 3 is 1.52 bits per heavy atom. The van der Waals surface area contributed by atoms with Crippen LogP contribution < -0.4 is 4.90 Å². The maximum Gasteiger partial charge on any atom is 0.0720 e. The lowest BCUT2D eigenvalue weighted by molar-refractivity contribution is 0.626. The Morgan fingerprint density at radius 1 is 0.315 bits per heavy atom. The van der Waals surface area contributed by atoms with E-state index in [1.807, 2.05) is 11.3 Å². The first-order valence-corrected chi connectivity index (χ1v) is 26.4. The first-order valence-electron chi connectivity index (χ1n) is 25.6. The highest BCUT2D eigenvalue weighted by Gasteiger charge is 2.57. The number of anilines is 3. The first-order chi connectivity index (χ1) is 36.0. The van der Waals surface area contributed by atoms with Gasteiger partial charge in [-0.2, -0.15) is 0 Å². The standard InChI is InChI=1S/C71H49NS/c1-69(2)60-29-12-9-23-54(60)56-44-43-52(45-65(56)69)72(50-39-35-46(36-40-50)53-26-17-28-59-57-25-11-16-34-66(57)73-68(53)59)51-41-37-49(38-42-51)70(47-19-5-3-6-20-47)62-31-14-15-32-63(62)71(48-21-7-4-8-22-48)61-30-13-10-24-55(61)58-27-18-33-64(70)67(58)71/h3-45H,1-2H3. The summed E-state index contributed by atoms with van der Waals surface area (Å²) in [5, 5.41) is 2.63. The number of fused-ring (bicyclic) bond motifs is 11. The Hall–Kier alpha value is -8.56. The van der Waals surface area contributed by atoms with Gasteiger partial charge < -0.3 is 4.90 Å². The van der Waals surface area contributed by atoms with Crippen LogP contribution in [0.15, 0.2) is 261 Å². The van der Waals surface area contributed by atoms with E-state index in [9.17, 15) is 0 Å². The van der Waals surface area contributed by atoms with Crippen LogP contribution in [0.25, 0.3) is 53.6 Å². The zero-order valence-electron chi connectivity index (χ0n) is 40.7. The number of hydrogen-bond acceptors (Lipinski definition) is 2. The van der Waals surface area contributed by atoms with Gasteiger partial charge in [0, 0.05) is 42.6 Å². The highest BCUT2D eigenvalue weighted by Crippen LogP contribution is 2.66. The van der Waals surface area contributed by atoms with Crippen LogP contribution in [-0.4, -0.2) is 0 Å². The summed E-state index contributed by atoms with van der Waals surface area (Å²) in [6.07, 6.45) is 0. The highest BCUT2D eigenvalue weighted by atomic mass is 32.1. The monoisotopic (exact) mass is 947 g/mol. The summed E-state index contributed by atoms with van der Waals surface area (Å²) in [5.41, 5.74) is 23.0. The quantitative estimate of drug-likeness (QED) is 0.154. The second kappa shape index (κ2) is 15.7. The molecular weight excluding hydrogens is 899 g/mol. The van der Waals surface area contributed by atoms with Crippen molar-refractivity contribution < 1.29 is 0 Å². The van der Waals surface area contributed by atoms with Gasteiger partial charge in [0.2, 0.25) is 0 Å². The molecule has 2 heteroatoms. The fraction of sp³-hybridized carbons (Fsp3) is 0.0704. The van der Waals surface area contributed by atoms with Crippen LogP contribution in [0.1, 0.15) is 69.5 Å². The van der Waals surface area contributed by atoms with Crippen molar-refractivity contribution in [3.05, 3.63) is 316 Å². The van der Waals surface area contributed by atoms with Crippen molar-refractivity contribution in [1.82, 2.24) is 0 Å². The molecule has 0 N–H and O–H groups in total. The molecule has 0 spiro atoms. The number of thiophene rings is 1. The molecule has 2 atom stereocenters. The molecule has 0 saturated carbocycles. The minimum Gasteiger partial charge on any atom is -0.310 e. The van der Waals surface area contributed by atoms with Gasteiger partial charge in [-0.25, -0.2) is 0 Å². The average Bonchev–Trinajstić information content (AvgIpc) is 4.08.